The first kappa shape index (κ1) is 10.4. The van der Waals surface area contributed by atoms with Crippen LogP contribution < -0.4 is 5.32 Å². The molecule has 2 aliphatic rings. The molecule has 2 rings (SSSR count). The summed E-state index contributed by atoms with van der Waals surface area (Å²) in [6.07, 6.45) is 4.21. The quantitative estimate of drug-likeness (QED) is 0.723. The summed E-state index contributed by atoms with van der Waals surface area (Å²) in [5.74, 6) is 1.85. The summed E-state index contributed by atoms with van der Waals surface area (Å²) in [5, 5.41) is 3.40. The second-order valence-electron chi connectivity index (χ2n) is 5.25. The third kappa shape index (κ3) is 1.82. The maximum atomic E-state index is 3.40. The summed E-state index contributed by atoms with van der Waals surface area (Å²) in [5.41, 5.74) is 0. The highest BCUT2D eigenvalue weighted by molar-refractivity contribution is 4.91. The molecule has 0 bridgehead atoms. The Balaban J connectivity index is 1.90. The van der Waals surface area contributed by atoms with Crippen LogP contribution in [0.15, 0.2) is 0 Å². The van der Waals surface area contributed by atoms with Crippen molar-refractivity contribution in [3.05, 3.63) is 0 Å². The topological polar surface area (TPSA) is 15.3 Å². The van der Waals surface area contributed by atoms with E-state index in [0.29, 0.717) is 0 Å². The minimum atomic E-state index is 0.748. The van der Waals surface area contributed by atoms with E-state index < -0.39 is 0 Å². The van der Waals surface area contributed by atoms with Gasteiger partial charge in [0.1, 0.15) is 0 Å². The molecule has 82 valence electrons. The fourth-order valence-electron chi connectivity index (χ4n) is 3.18. The van der Waals surface area contributed by atoms with Crippen molar-refractivity contribution in [1.29, 1.82) is 0 Å². The number of rotatable bonds is 2. The van der Waals surface area contributed by atoms with Gasteiger partial charge in [-0.3, -0.25) is 4.90 Å². The molecule has 0 spiro atoms. The molecule has 2 heteroatoms. The Morgan fingerprint density at radius 1 is 1.14 bits per heavy atom. The van der Waals surface area contributed by atoms with Crippen LogP contribution >= 0.6 is 0 Å². The molecule has 1 aliphatic heterocycles. The highest BCUT2D eigenvalue weighted by Gasteiger charge is 2.36. The Morgan fingerprint density at radius 2 is 1.93 bits per heavy atom. The molecule has 1 saturated carbocycles. The van der Waals surface area contributed by atoms with Crippen molar-refractivity contribution in [3.8, 4) is 0 Å². The van der Waals surface area contributed by atoms with Crippen molar-refractivity contribution in [2.24, 2.45) is 11.8 Å². The molecule has 0 radical (unpaired) electrons. The van der Waals surface area contributed by atoms with Crippen LogP contribution in [0.25, 0.3) is 0 Å². The monoisotopic (exact) mass is 196 g/mol. The zero-order valence-electron chi connectivity index (χ0n) is 9.79. The van der Waals surface area contributed by atoms with Crippen molar-refractivity contribution < 1.29 is 0 Å². The highest BCUT2D eigenvalue weighted by Crippen LogP contribution is 2.35. The van der Waals surface area contributed by atoms with Gasteiger partial charge in [-0.2, -0.15) is 0 Å². The lowest BCUT2D eigenvalue weighted by molar-refractivity contribution is 0.189. The van der Waals surface area contributed by atoms with Crippen molar-refractivity contribution in [2.75, 3.05) is 20.1 Å². The number of hydrogen-bond donors (Lipinski definition) is 1. The van der Waals surface area contributed by atoms with E-state index in [2.05, 4.69) is 31.1 Å². The molecule has 0 amide bonds. The molecule has 1 N–H and O–H groups in total. The van der Waals surface area contributed by atoms with Crippen LogP contribution in [0, 0.1) is 11.8 Å². The Labute approximate surface area is 88.1 Å². The van der Waals surface area contributed by atoms with Gasteiger partial charge < -0.3 is 5.32 Å². The molecule has 0 aromatic heterocycles. The Hall–Kier alpha value is -0.0800. The Morgan fingerprint density at radius 3 is 2.43 bits per heavy atom. The van der Waals surface area contributed by atoms with Gasteiger partial charge >= 0.3 is 0 Å². The van der Waals surface area contributed by atoms with E-state index in [1.54, 1.807) is 0 Å². The third-order valence-corrected chi connectivity index (χ3v) is 4.52. The van der Waals surface area contributed by atoms with E-state index in [-0.39, 0.29) is 0 Å². The van der Waals surface area contributed by atoms with Gasteiger partial charge in [-0.25, -0.2) is 0 Å². The van der Waals surface area contributed by atoms with E-state index in [9.17, 15) is 0 Å². The van der Waals surface area contributed by atoms with Crippen LogP contribution in [0.1, 0.15) is 33.1 Å². The van der Waals surface area contributed by atoms with Gasteiger partial charge in [0, 0.05) is 25.2 Å². The predicted octanol–water partition coefficient (Wildman–Crippen LogP) is 1.71. The van der Waals surface area contributed by atoms with Crippen molar-refractivity contribution in [2.45, 2.75) is 45.2 Å². The maximum Gasteiger partial charge on any atom is 0.0204 e. The summed E-state index contributed by atoms with van der Waals surface area (Å²) in [4.78, 5) is 2.72. The van der Waals surface area contributed by atoms with E-state index in [1.807, 2.05) is 0 Å². The largest absolute Gasteiger partial charge is 0.316 e. The first-order valence-corrected chi connectivity index (χ1v) is 6.13. The van der Waals surface area contributed by atoms with Gasteiger partial charge in [-0.05, 0) is 38.1 Å². The third-order valence-electron chi connectivity index (χ3n) is 4.52. The van der Waals surface area contributed by atoms with Gasteiger partial charge in [0.25, 0.3) is 0 Å². The number of nitrogens with zero attached hydrogens (tertiary/aromatic N) is 1. The Kier molecular flexibility index (Phi) is 3.13. The molecular formula is C12H24N2. The summed E-state index contributed by atoms with van der Waals surface area (Å²) in [7, 11) is 2.09. The average Bonchev–Trinajstić information content (AvgIpc) is 2.75. The molecule has 0 aromatic rings. The standard InChI is InChI=1S/C12H24N2/c1-9-4-5-12(10(9)2)14-7-6-11(8-14)13-3/h9-13H,4-8H2,1-3H3. The van der Waals surface area contributed by atoms with Gasteiger partial charge in [0.2, 0.25) is 0 Å². The molecule has 2 nitrogen and oxygen atoms in total. The molecular weight excluding hydrogens is 172 g/mol. The molecule has 4 unspecified atom stereocenters. The summed E-state index contributed by atoms with van der Waals surface area (Å²) >= 11 is 0. The number of nitrogens with one attached hydrogen (secondary N) is 1. The van der Waals surface area contributed by atoms with Crippen LogP contribution in [0.4, 0.5) is 0 Å². The highest BCUT2D eigenvalue weighted by atomic mass is 15.2. The normalized spacial score (nSPS) is 44.8. The molecule has 2 fully saturated rings. The number of likely N-dealkylation sites (tertiary alicyclic amines) is 1. The van der Waals surface area contributed by atoms with E-state index in [4.69, 9.17) is 0 Å². The molecule has 1 heterocycles. The van der Waals surface area contributed by atoms with Crippen molar-refractivity contribution in [1.82, 2.24) is 10.2 Å². The zero-order valence-corrected chi connectivity index (χ0v) is 9.79. The van der Waals surface area contributed by atoms with Gasteiger partial charge in [0.05, 0.1) is 0 Å². The maximum absolute atomic E-state index is 3.40. The fraction of sp³-hybridized carbons (Fsp3) is 1.00. The van der Waals surface area contributed by atoms with Crippen LogP contribution in [0.3, 0.4) is 0 Å². The van der Waals surface area contributed by atoms with E-state index in [1.165, 1.54) is 32.4 Å². The molecule has 14 heavy (non-hydrogen) atoms. The number of likely N-dealkylation sites (N-methyl/N-ethyl adjacent to an activating group) is 1. The molecule has 0 aromatic carbocycles. The summed E-state index contributed by atoms with van der Waals surface area (Å²) in [6, 6.07) is 1.63. The first-order chi connectivity index (χ1) is 6.72. The second kappa shape index (κ2) is 4.19. The van der Waals surface area contributed by atoms with Crippen molar-refractivity contribution in [3.63, 3.8) is 0 Å². The molecule has 1 saturated heterocycles. The number of hydrogen-bond acceptors (Lipinski definition) is 2. The van der Waals surface area contributed by atoms with Crippen LogP contribution in [0.5, 0.6) is 0 Å². The molecule has 1 aliphatic carbocycles. The Bertz CT molecular complexity index is 193. The van der Waals surface area contributed by atoms with Gasteiger partial charge in [-0.1, -0.05) is 13.8 Å². The lowest BCUT2D eigenvalue weighted by Gasteiger charge is -2.28. The van der Waals surface area contributed by atoms with E-state index >= 15 is 0 Å². The van der Waals surface area contributed by atoms with Crippen LogP contribution in [0.2, 0.25) is 0 Å². The lowest BCUT2D eigenvalue weighted by atomic mass is 9.97. The minimum absolute atomic E-state index is 0.748. The predicted molar refractivity (Wildman–Crippen MR) is 60.4 cm³/mol. The van der Waals surface area contributed by atoms with Gasteiger partial charge in [0.15, 0.2) is 0 Å². The van der Waals surface area contributed by atoms with E-state index in [0.717, 1.165) is 23.9 Å². The zero-order chi connectivity index (χ0) is 10.1. The van der Waals surface area contributed by atoms with Crippen molar-refractivity contribution >= 4 is 0 Å². The lowest BCUT2D eigenvalue weighted by Crippen LogP contribution is -2.38. The smallest absolute Gasteiger partial charge is 0.0204 e. The summed E-state index contributed by atoms with van der Waals surface area (Å²) in [6.45, 7) is 7.44. The fourth-order valence-corrected chi connectivity index (χ4v) is 3.18. The summed E-state index contributed by atoms with van der Waals surface area (Å²) < 4.78 is 0. The average molecular weight is 196 g/mol. The van der Waals surface area contributed by atoms with Gasteiger partial charge in [-0.15, -0.1) is 0 Å². The molecule has 4 atom stereocenters. The van der Waals surface area contributed by atoms with Crippen LogP contribution in [-0.2, 0) is 0 Å². The first-order valence-electron chi connectivity index (χ1n) is 6.13. The van der Waals surface area contributed by atoms with Crippen LogP contribution in [-0.4, -0.2) is 37.1 Å². The minimum Gasteiger partial charge on any atom is -0.316 e. The SMILES string of the molecule is CNC1CCN(C2CCC(C)C2C)C1. The second-order valence-corrected chi connectivity index (χ2v) is 5.25.